The Kier molecular flexibility index (Phi) is 12.9. The quantitative estimate of drug-likeness (QED) is 0.200. The number of hydrogen-bond donors (Lipinski definition) is 0. The van der Waals surface area contributed by atoms with Crippen LogP contribution in [-0.2, 0) is 19.1 Å². The topological polar surface area (TPSA) is 52.6 Å². The maximum absolute atomic E-state index is 11.6. The molecule has 4 saturated carbocycles. The van der Waals surface area contributed by atoms with Gasteiger partial charge in [0.25, 0.3) is 0 Å². The van der Waals surface area contributed by atoms with E-state index in [9.17, 15) is 9.59 Å². The minimum absolute atomic E-state index is 0.455. The second kappa shape index (κ2) is 15.6. The fraction of sp³-hybridized carbons (Fsp3) is 0.938. The summed E-state index contributed by atoms with van der Waals surface area (Å²) in [6, 6.07) is 0. The van der Waals surface area contributed by atoms with E-state index in [4.69, 9.17) is 9.47 Å². The number of hydrogen-bond acceptors (Lipinski definition) is 4. The SMILES string of the molecule is CCOC(CC)CCCCC1CCC2CC(=O)C12.CCOC(CC)CCCCC1CCC2CC(=O)C12. The van der Waals surface area contributed by atoms with E-state index in [1.807, 2.05) is 0 Å². The zero-order valence-corrected chi connectivity index (χ0v) is 24.0. The van der Waals surface area contributed by atoms with Gasteiger partial charge in [-0.2, -0.15) is 0 Å². The van der Waals surface area contributed by atoms with E-state index >= 15 is 0 Å². The van der Waals surface area contributed by atoms with E-state index in [2.05, 4.69) is 27.7 Å². The van der Waals surface area contributed by atoms with Crippen molar-refractivity contribution in [1.82, 2.24) is 0 Å². The van der Waals surface area contributed by atoms with Gasteiger partial charge in [-0.15, -0.1) is 0 Å². The lowest BCUT2D eigenvalue weighted by atomic mass is 9.70. The number of rotatable bonds is 16. The van der Waals surface area contributed by atoms with Crippen molar-refractivity contribution in [2.75, 3.05) is 13.2 Å². The number of ether oxygens (including phenoxy) is 2. The number of carbonyl (C=O) groups excluding carboxylic acids is 2. The van der Waals surface area contributed by atoms with E-state index in [1.165, 1.54) is 77.0 Å². The molecule has 0 aliphatic heterocycles. The zero-order chi connectivity index (χ0) is 25.9. The lowest BCUT2D eigenvalue weighted by Gasteiger charge is -2.32. The van der Waals surface area contributed by atoms with Crippen molar-refractivity contribution < 1.29 is 19.1 Å². The molecule has 4 aliphatic carbocycles. The third-order valence-corrected chi connectivity index (χ3v) is 9.94. The number of carbonyl (C=O) groups is 2. The average Bonchev–Trinajstić information content (AvgIpc) is 3.38. The summed E-state index contributed by atoms with van der Waals surface area (Å²) in [5.41, 5.74) is 0. The molecule has 0 spiro atoms. The van der Waals surface area contributed by atoms with Crippen molar-refractivity contribution in [2.24, 2.45) is 35.5 Å². The second-order valence-corrected chi connectivity index (χ2v) is 12.1. The molecular formula is C32H56O4. The molecule has 4 fully saturated rings. The van der Waals surface area contributed by atoms with Crippen molar-refractivity contribution in [3.8, 4) is 0 Å². The minimum atomic E-state index is 0.455. The monoisotopic (exact) mass is 504 g/mol. The third-order valence-electron chi connectivity index (χ3n) is 9.94. The third kappa shape index (κ3) is 8.13. The predicted octanol–water partition coefficient (Wildman–Crippen LogP) is 7.95. The summed E-state index contributed by atoms with van der Waals surface area (Å²) >= 11 is 0. The van der Waals surface area contributed by atoms with Crippen LogP contribution in [0.4, 0.5) is 0 Å². The van der Waals surface area contributed by atoms with Crippen LogP contribution in [0.5, 0.6) is 0 Å². The van der Waals surface area contributed by atoms with Gasteiger partial charge in [-0.3, -0.25) is 9.59 Å². The van der Waals surface area contributed by atoms with Crippen LogP contribution in [-0.4, -0.2) is 37.0 Å². The Morgan fingerprint density at radius 3 is 1.39 bits per heavy atom. The molecule has 208 valence electrons. The number of Topliss-reactive ketones (excluding diaryl/α,β-unsaturated/α-hetero) is 2. The summed E-state index contributed by atoms with van der Waals surface area (Å²) in [5.74, 6) is 5.06. The van der Waals surface area contributed by atoms with Crippen molar-refractivity contribution in [3.63, 3.8) is 0 Å². The summed E-state index contributed by atoms with van der Waals surface area (Å²) in [5, 5.41) is 0. The van der Waals surface area contributed by atoms with Crippen LogP contribution in [0.25, 0.3) is 0 Å². The molecule has 0 radical (unpaired) electrons. The van der Waals surface area contributed by atoms with Crippen LogP contribution < -0.4 is 0 Å². The van der Waals surface area contributed by atoms with Crippen LogP contribution >= 0.6 is 0 Å². The van der Waals surface area contributed by atoms with Crippen LogP contribution in [0.15, 0.2) is 0 Å². The van der Waals surface area contributed by atoms with Gasteiger partial charge < -0.3 is 9.47 Å². The van der Waals surface area contributed by atoms with E-state index < -0.39 is 0 Å². The maximum atomic E-state index is 11.6. The van der Waals surface area contributed by atoms with Crippen molar-refractivity contribution in [2.45, 2.75) is 143 Å². The highest BCUT2D eigenvalue weighted by atomic mass is 16.5. The Hall–Kier alpha value is -0.740. The zero-order valence-electron chi connectivity index (χ0n) is 24.0. The minimum Gasteiger partial charge on any atom is -0.379 e. The molecule has 0 aromatic carbocycles. The van der Waals surface area contributed by atoms with Gasteiger partial charge in [0.2, 0.25) is 0 Å². The van der Waals surface area contributed by atoms with Gasteiger partial charge in [-0.05, 0) is 102 Å². The van der Waals surface area contributed by atoms with Crippen LogP contribution in [0.2, 0.25) is 0 Å². The highest BCUT2D eigenvalue weighted by Gasteiger charge is 2.49. The molecule has 4 aliphatic rings. The number of fused-ring (bicyclic) bond motifs is 2. The van der Waals surface area contributed by atoms with Crippen LogP contribution in [0.1, 0.15) is 130 Å². The summed E-state index contributed by atoms with van der Waals surface area (Å²) < 4.78 is 11.4. The maximum Gasteiger partial charge on any atom is 0.136 e. The summed E-state index contributed by atoms with van der Waals surface area (Å²) in [4.78, 5) is 23.1. The molecule has 36 heavy (non-hydrogen) atoms. The molecule has 4 rings (SSSR count). The number of ketones is 2. The first-order valence-electron chi connectivity index (χ1n) is 15.8. The molecule has 4 nitrogen and oxygen atoms in total. The lowest BCUT2D eigenvalue weighted by molar-refractivity contribution is -0.135. The van der Waals surface area contributed by atoms with Gasteiger partial charge in [-0.25, -0.2) is 0 Å². The van der Waals surface area contributed by atoms with Crippen molar-refractivity contribution in [3.05, 3.63) is 0 Å². The molecule has 0 bridgehead atoms. The lowest BCUT2D eigenvalue weighted by Crippen LogP contribution is -2.36. The first-order chi connectivity index (χ1) is 17.5. The standard InChI is InChI=1S/2C16H28O2/c2*1-3-14(18-4-2)8-6-5-7-12-9-10-13-11-15(17)16(12)13/h2*12-14,16H,3-11H2,1-2H3. The first kappa shape index (κ1) is 29.8. The predicted molar refractivity (Wildman–Crippen MR) is 147 cm³/mol. The summed E-state index contributed by atoms with van der Waals surface area (Å²) in [7, 11) is 0. The van der Waals surface area contributed by atoms with Crippen LogP contribution in [0, 0.1) is 35.5 Å². The summed E-state index contributed by atoms with van der Waals surface area (Å²) in [6.07, 6.45) is 20.2. The van der Waals surface area contributed by atoms with Gasteiger partial charge in [-0.1, -0.05) is 39.5 Å². The van der Waals surface area contributed by atoms with E-state index in [0.717, 1.165) is 62.6 Å². The van der Waals surface area contributed by atoms with Gasteiger partial charge in [0.05, 0.1) is 12.2 Å². The van der Waals surface area contributed by atoms with E-state index in [-0.39, 0.29) is 0 Å². The van der Waals surface area contributed by atoms with E-state index in [1.54, 1.807) is 0 Å². The van der Waals surface area contributed by atoms with Gasteiger partial charge in [0.1, 0.15) is 11.6 Å². The smallest absolute Gasteiger partial charge is 0.136 e. The Labute approximate surface area is 222 Å². The largest absolute Gasteiger partial charge is 0.379 e. The Bertz CT molecular complexity index is 605. The molecule has 0 saturated heterocycles. The molecule has 0 N–H and O–H groups in total. The highest BCUT2D eigenvalue weighted by molar-refractivity contribution is 5.88. The number of unbranched alkanes of at least 4 members (excludes halogenated alkanes) is 2. The molecule has 8 unspecified atom stereocenters. The van der Waals surface area contributed by atoms with Crippen molar-refractivity contribution >= 4 is 11.6 Å². The second-order valence-electron chi connectivity index (χ2n) is 12.1. The van der Waals surface area contributed by atoms with Crippen molar-refractivity contribution in [1.29, 1.82) is 0 Å². The van der Waals surface area contributed by atoms with Gasteiger partial charge in [0.15, 0.2) is 0 Å². The van der Waals surface area contributed by atoms with Crippen LogP contribution in [0.3, 0.4) is 0 Å². The van der Waals surface area contributed by atoms with Gasteiger partial charge >= 0.3 is 0 Å². The molecule has 0 aromatic heterocycles. The molecule has 0 aromatic rings. The Morgan fingerprint density at radius 1 is 0.639 bits per heavy atom. The molecule has 0 heterocycles. The van der Waals surface area contributed by atoms with Gasteiger partial charge in [0, 0.05) is 37.9 Å². The highest BCUT2D eigenvalue weighted by Crippen LogP contribution is 2.50. The van der Waals surface area contributed by atoms with E-state index in [0.29, 0.717) is 35.6 Å². The molecule has 0 amide bonds. The Balaban J connectivity index is 0.000000201. The fourth-order valence-corrected chi connectivity index (χ4v) is 7.81. The fourth-order valence-electron chi connectivity index (χ4n) is 7.81. The molecular weight excluding hydrogens is 448 g/mol. The molecule has 8 atom stereocenters. The normalized spacial score (nSPS) is 32.1. The Morgan fingerprint density at radius 2 is 1.06 bits per heavy atom. The average molecular weight is 505 g/mol. The first-order valence-corrected chi connectivity index (χ1v) is 15.8. The molecule has 4 heteroatoms. The summed E-state index contributed by atoms with van der Waals surface area (Å²) in [6.45, 7) is 10.2.